The number of hydrogen-bond acceptors (Lipinski definition) is 6. The summed E-state index contributed by atoms with van der Waals surface area (Å²) in [5.74, 6) is 0.144. The summed E-state index contributed by atoms with van der Waals surface area (Å²) in [6, 6.07) is 16.9. The van der Waals surface area contributed by atoms with E-state index >= 15 is 0 Å². The SMILES string of the molecule is COc1ccc(C(NCC(=O)Nc2ccc(OC)cc2[N+](=O)[O-])c2ccc(F)cc2)cc1. The van der Waals surface area contributed by atoms with Crippen LogP contribution in [0, 0.1) is 15.9 Å². The zero-order valence-electron chi connectivity index (χ0n) is 17.5. The Morgan fingerprint density at radius 3 is 2.09 bits per heavy atom. The molecular formula is C23H22FN3O5. The Labute approximate surface area is 184 Å². The Hall–Kier alpha value is -3.98. The molecule has 166 valence electrons. The minimum absolute atomic E-state index is 0.0605. The van der Waals surface area contributed by atoms with E-state index in [9.17, 15) is 19.3 Å². The van der Waals surface area contributed by atoms with Crippen molar-refractivity contribution in [2.24, 2.45) is 0 Å². The molecule has 0 spiro atoms. The Bertz CT molecular complexity index is 1090. The lowest BCUT2D eigenvalue weighted by Crippen LogP contribution is -2.32. The zero-order valence-corrected chi connectivity index (χ0v) is 17.5. The summed E-state index contributed by atoms with van der Waals surface area (Å²) in [6.07, 6.45) is 0. The normalized spacial score (nSPS) is 11.5. The molecular weight excluding hydrogens is 417 g/mol. The first-order valence-corrected chi connectivity index (χ1v) is 9.66. The van der Waals surface area contributed by atoms with E-state index < -0.39 is 16.9 Å². The minimum Gasteiger partial charge on any atom is -0.497 e. The van der Waals surface area contributed by atoms with Gasteiger partial charge in [0.25, 0.3) is 5.69 Å². The highest BCUT2D eigenvalue weighted by Gasteiger charge is 2.19. The summed E-state index contributed by atoms with van der Waals surface area (Å²) in [5, 5.41) is 17.0. The van der Waals surface area contributed by atoms with Crippen molar-refractivity contribution in [3.8, 4) is 11.5 Å². The number of nitro groups is 1. The van der Waals surface area contributed by atoms with E-state index in [4.69, 9.17) is 9.47 Å². The smallest absolute Gasteiger partial charge is 0.296 e. The van der Waals surface area contributed by atoms with Crippen molar-refractivity contribution in [1.29, 1.82) is 0 Å². The highest BCUT2D eigenvalue weighted by atomic mass is 19.1. The van der Waals surface area contributed by atoms with Crippen molar-refractivity contribution in [2.75, 3.05) is 26.1 Å². The van der Waals surface area contributed by atoms with E-state index in [0.29, 0.717) is 11.5 Å². The van der Waals surface area contributed by atoms with Crippen molar-refractivity contribution in [2.45, 2.75) is 6.04 Å². The van der Waals surface area contributed by atoms with Crippen molar-refractivity contribution in [3.05, 3.63) is 93.8 Å². The highest BCUT2D eigenvalue weighted by Crippen LogP contribution is 2.29. The van der Waals surface area contributed by atoms with E-state index in [2.05, 4.69) is 10.6 Å². The quantitative estimate of drug-likeness (QED) is 0.385. The molecule has 0 aliphatic heterocycles. The molecule has 2 N–H and O–H groups in total. The van der Waals surface area contributed by atoms with Gasteiger partial charge in [-0.3, -0.25) is 20.2 Å². The molecule has 0 saturated heterocycles. The van der Waals surface area contributed by atoms with Crippen LogP contribution in [0.25, 0.3) is 0 Å². The van der Waals surface area contributed by atoms with Crippen LogP contribution in [0.4, 0.5) is 15.8 Å². The molecule has 1 amide bonds. The van der Waals surface area contributed by atoms with Crippen LogP contribution in [-0.2, 0) is 4.79 Å². The molecule has 9 heteroatoms. The summed E-state index contributed by atoms with van der Waals surface area (Å²) >= 11 is 0. The van der Waals surface area contributed by atoms with Crippen molar-refractivity contribution in [3.63, 3.8) is 0 Å². The topological polar surface area (TPSA) is 103 Å². The maximum absolute atomic E-state index is 13.4. The van der Waals surface area contributed by atoms with Crippen LogP contribution in [0.2, 0.25) is 0 Å². The molecule has 32 heavy (non-hydrogen) atoms. The molecule has 3 rings (SSSR count). The van der Waals surface area contributed by atoms with Gasteiger partial charge in [-0.15, -0.1) is 0 Å². The van der Waals surface area contributed by atoms with Gasteiger partial charge >= 0.3 is 0 Å². The average Bonchev–Trinajstić information content (AvgIpc) is 2.80. The molecule has 0 heterocycles. The van der Waals surface area contributed by atoms with Gasteiger partial charge in [0, 0.05) is 0 Å². The second-order valence-corrected chi connectivity index (χ2v) is 6.83. The van der Waals surface area contributed by atoms with Gasteiger partial charge in [-0.1, -0.05) is 24.3 Å². The fourth-order valence-electron chi connectivity index (χ4n) is 3.16. The lowest BCUT2D eigenvalue weighted by molar-refractivity contribution is -0.384. The van der Waals surface area contributed by atoms with Crippen LogP contribution in [0.5, 0.6) is 11.5 Å². The third kappa shape index (κ3) is 5.58. The number of hydrogen-bond donors (Lipinski definition) is 2. The van der Waals surface area contributed by atoms with Gasteiger partial charge in [-0.25, -0.2) is 4.39 Å². The molecule has 1 atom stereocenters. The van der Waals surface area contributed by atoms with Gasteiger partial charge in [-0.05, 0) is 47.5 Å². The minimum atomic E-state index is -0.593. The summed E-state index contributed by atoms with van der Waals surface area (Å²) in [4.78, 5) is 23.3. The fourth-order valence-corrected chi connectivity index (χ4v) is 3.16. The van der Waals surface area contributed by atoms with E-state index in [1.54, 1.807) is 31.4 Å². The molecule has 0 aliphatic rings. The maximum atomic E-state index is 13.4. The summed E-state index contributed by atoms with van der Waals surface area (Å²) in [6.45, 7) is -0.142. The Balaban J connectivity index is 1.77. The highest BCUT2D eigenvalue weighted by molar-refractivity contribution is 5.94. The van der Waals surface area contributed by atoms with Gasteiger partial charge in [0.2, 0.25) is 5.91 Å². The predicted octanol–water partition coefficient (Wildman–Crippen LogP) is 4.07. The zero-order chi connectivity index (χ0) is 23.1. The first-order chi connectivity index (χ1) is 15.4. The van der Waals surface area contributed by atoms with Gasteiger partial charge < -0.3 is 14.8 Å². The van der Waals surface area contributed by atoms with Crippen LogP contribution in [0.1, 0.15) is 17.2 Å². The number of anilines is 1. The number of halogens is 1. The van der Waals surface area contributed by atoms with E-state index in [1.807, 2.05) is 12.1 Å². The van der Waals surface area contributed by atoms with Crippen LogP contribution in [0.15, 0.2) is 66.7 Å². The maximum Gasteiger partial charge on any atom is 0.296 e. The molecule has 0 radical (unpaired) electrons. The average molecular weight is 439 g/mol. The van der Waals surface area contributed by atoms with Crippen LogP contribution >= 0.6 is 0 Å². The molecule has 8 nitrogen and oxygen atoms in total. The van der Waals surface area contributed by atoms with Gasteiger partial charge in [-0.2, -0.15) is 0 Å². The molecule has 0 bridgehead atoms. The molecule has 3 aromatic carbocycles. The number of ether oxygens (including phenoxy) is 2. The summed E-state index contributed by atoms with van der Waals surface area (Å²) < 4.78 is 23.6. The number of methoxy groups -OCH3 is 2. The standard InChI is InChI=1S/C23H22FN3O5/c1-31-18-9-5-16(6-10-18)23(15-3-7-17(24)8-4-15)25-14-22(28)26-20-12-11-19(32-2)13-21(20)27(29)30/h3-13,23,25H,14H2,1-2H3,(H,26,28). The lowest BCUT2D eigenvalue weighted by atomic mass is 9.98. The van der Waals surface area contributed by atoms with Crippen molar-refractivity contribution < 1.29 is 23.6 Å². The number of benzene rings is 3. The number of nitrogens with zero attached hydrogens (tertiary/aromatic N) is 1. The third-order valence-corrected chi connectivity index (χ3v) is 4.79. The summed E-state index contributed by atoms with van der Waals surface area (Å²) in [5.41, 5.74) is 1.37. The lowest BCUT2D eigenvalue weighted by Gasteiger charge is -2.20. The Morgan fingerprint density at radius 1 is 0.969 bits per heavy atom. The van der Waals surface area contributed by atoms with E-state index in [-0.39, 0.29) is 23.7 Å². The number of carbonyl (C=O) groups is 1. The van der Waals surface area contributed by atoms with Crippen LogP contribution in [-0.4, -0.2) is 31.6 Å². The Kier molecular flexibility index (Phi) is 7.35. The van der Waals surface area contributed by atoms with Crippen LogP contribution in [0.3, 0.4) is 0 Å². The third-order valence-electron chi connectivity index (χ3n) is 4.79. The molecule has 1 unspecified atom stereocenters. The van der Waals surface area contributed by atoms with Crippen molar-refractivity contribution in [1.82, 2.24) is 5.32 Å². The van der Waals surface area contributed by atoms with Gasteiger partial charge in [0.15, 0.2) is 0 Å². The number of carbonyl (C=O) groups excluding carboxylic acids is 1. The second-order valence-electron chi connectivity index (χ2n) is 6.83. The fraction of sp³-hybridized carbons (Fsp3) is 0.174. The number of nitrogens with one attached hydrogen (secondary N) is 2. The molecule has 0 aliphatic carbocycles. The number of amides is 1. The number of rotatable bonds is 9. The molecule has 0 fully saturated rings. The number of nitro benzene ring substituents is 1. The van der Waals surface area contributed by atoms with E-state index in [1.165, 1.54) is 37.4 Å². The molecule has 3 aromatic rings. The van der Waals surface area contributed by atoms with Crippen LogP contribution < -0.4 is 20.1 Å². The monoisotopic (exact) mass is 439 g/mol. The molecule has 0 saturated carbocycles. The summed E-state index contributed by atoms with van der Waals surface area (Å²) in [7, 11) is 2.96. The predicted molar refractivity (Wildman–Crippen MR) is 118 cm³/mol. The largest absolute Gasteiger partial charge is 0.497 e. The van der Waals surface area contributed by atoms with Crippen molar-refractivity contribution >= 4 is 17.3 Å². The van der Waals surface area contributed by atoms with Gasteiger partial charge in [0.05, 0.1) is 37.8 Å². The first-order valence-electron chi connectivity index (χ1n) is 9.66. The second kappa shape index (κ2) is 10.4. The Morgan fingerprint density at radius 2 is 1.53 bits per heavy atom. The molecule has 0 aromatic heterocycles. The van der Waals surface area contributed by atoms with Gasteiger partial charge in [0.1, 0.15) is 23.0 Å². The van der Waals surface area contributed by atoms with E-state index in [0.717, 1.165) is 11.1 Å². The first kappa shape index (κ1) is 22.7.